The second-order valence-corrected chi connectivity index (χ2v) is 6.01. The highest BCUT2D eigenvalue weighted by Gasteiger charge is 2.04. The van der Waals surface area contributed by atoms with Gasteiger partial charge < -0.3 is 4.74 Å². The minimum Gasteiger partial charge on any atom is -0.492 e. The molecule has 0 amide bonds. The summed E-state index contributed by atoms with van der Waals surface area (Å²) in [5.41, 5.74) is 2.13. The second kappa shape index (κ2) is 4.66. The predicted octanol–water partition coefficient (Wildman–Crippen LogP) is 1.73. The number of rotatable bonds is 4. The van der Waals surface area contributed by atoms with Crippen LogP contribution in [0.3, 0.4) is 0 Å². The van der Waals surface area contributed by atoms with E-state index in [2.05, 4.69) is 0 Å². The first kappa shape index (κ1) is 12.0. The van der Waals surface area contributed by atoms with Crippen molar-refractivity contribution in [1.29, 1.82) is 0 Å². The van der Waals surface area contributed by atoms with E-state index in [1.165, 1.54) is 6.26 Å². The van der Waals surface area contributed by atoms with E-state index in [0.29, 0.717) is 0 Å². The van der Waals surface area contributed by atoms with Crippen molar-refractivity contribution in [3.63, 3.8) is 0 Å². The summed E-state index contributed by atoms with van der Waals surface area (Å²) in [4.78, 5) is 0. The molecule has 0 atom stereocenters. The molecule has 84 valence electrons. The van der Waals surface area contributed by atoms with E-state index >= 15 is 0 Å². The normalized spacial score (nSPS) is 11.4. The molecule has 0 fully saturated rings. The van der Waals surface area contributed by atoms with Crippen LogP contribution in [-0.4, -0.2) is 27.0 Å². The minimum absolute atomic E-state index is 0.0559. The molecule has 0 saturated heterocycles. The van der Waals surface area contributed by atoms with Crippen LogP contribution in [0.15, 0.2) is 18.2 Å². The van der Waals surface area contributed by atoms with E-state index in [-0.39, 0.29) is 12.4 Å². The van der Waals surface area contributed by atoms with E-state index in [9.17, 15) is 8.42 Å². The number of benzene rings is 1. The third-order valence-electron chi connectivity index (χ3n) is 2.06. The summed E-state index contributed by atoms with van der Waals surface area (Å²) >= 11 is 0. The summed E-state index contributed by atoms with van der Waals surface area (Å²) in [7, 11) is -2.94. The zero-order chi connectivity index (χ0) is 11.5. The summed E-state index contributed by atoms with van der Waals surface area (Å²) < 4.78 is 27.2. The molecule has 0 aliphatic heterocycles. The van der Waals surface area contributed by atoms with Gasteiger partial charge in [-0.15, -0.1) is 0 Å². The number of hydrogen-bond donors (Lipinski definition) is 0. The molecule has 0 saturated carbocycles. The molecule has 0 N–H and O–H groups in total. The highest BCUT2D eigenvalue weighted by Crippen LogP contribution is 2.18. The van der Waals surface area contributed by atoms with Gasteiger partial charge in [-0.25, -0.2) is 8.42 Å². The van der Waals surface area contributed by atoms with E-state index < -0.39 is 9.84 Å². The maximum absolute atomic E-state index is 10.9. The first-order valence-corrected chi connectivity index (χ1v) is 6.82. The number of aryl methyl sites for hydroxylation is 2. The zero-order valence-corrected chi connectivity index (χ0v) is 10.1. The smallest absolute Gasteiger partial charge is 0.150 e. The van der Waals surface area contributed by atoms with Gasteiger partial charge in [0.2, 0.25) is 0 Å². The average molecular weight is 228 g/mol. The monoisotopic (exact) mass is 228 g/mol. The minimum atomic E-state index is -2.94. The van der Waals surface area contributed by atoms with Crippen molar-refractivity contribution in [2.24, 2.45) is 0 Å². The fourth-order valence-electron chi connectivity index (χ4n) is 1.17. The van der Waals surface area contributed by atoms with Gasteiger partial charge in [0.15, 0.2) is 9.84 Å². The molecule has 0 spiro atoms. The average Bonchev–Trinajstić information content (AvgIpc) is 2.09. The predicted molar refractivity (Wildman–Crippen MR) is 61.1 cm³/mol. The van der Waals surface area contributed by atoms with Crippen molar-refractivity contribution in [2.45, 2.75) is 13.8 Å². The van der Waals surface area contributed by atoms with Crippen LogP contribution in [-0.2, 0) is 9.84 Å². The van der Waals surface area contributed by atoms with Crippen LogP contribution in [0.5, 0.6) is 5.75 Å². The Balaban J connectivity index is 2.61. The van der Waals surface area contributed by atoms with Gasteiger partial charge in [0, 0.05) is 6.26 Å². The highest BCUT2D eigenvalue weighted by atomic mass is 32.2. The molecule has 0 aromatic heterocycles. The van der Waals surface area contributed by atoms with Crippen LogP contribution in [0.1, 0.15) is 11.1 Å². The molecule has 0 aliphatic rings. The van der Waals surface area contributed by atoms with Gasteiger partial charge in [0.1, 0.15) is 12.4 Å². The Hall–Kier alpha value is -1.03. The fraction of sp³-hybridized carbons (Fsp3) is 0.455. The summed E-state index contributed by atoms with van der Waals surface area (Å²) in [5, 5.41) is 0. The molecule has 4 heteroatoms. The molecule has 0 heterocycles. The molecule has 3 nitrogen and oxygen atoms in total. The number of ether oxygens (including phenoxy) is 1. The Morgan fingerprint density at radius 2 is 1.93 bits per heavy atom. The third kappa shape index (κ3) is 4.34. The Labute approximate surface area is 91.0 Å². The third-order valence-corrected chi connectivity index (χ3v) is 2.96. The molecule has 1 aromatic rings. The number of sulfone groups is 1. The zero-order valence-electron chi connectivity index (χ0n) is 9.28. The quantitative estimate of drug-likeness (QED) is 0.788. The van der Waals surface area contributed by atoms with Gasteiger partial charge in [0.05, 0.1) is 5.75 Å². The Morgan fingerprint density at radius 1 is 1.27 bits per heavy atom. The van der Waals surface area contributed by atoms with Crippen LogP contribution in [0.2, 0.25) is 0 Å². The van der Waals surface area contributed by atoms with Gasteiger partial charge in [-0.3, -0.25) is 0 Å². The molecule has 1 aromatic carbocycles. The van der Waals surface area contributed by atoms with Crippen molar-refractivity contribution in [3.05, 3.63) is 29.3 Å². The van der Waals surface area contributed by atoms with E-state index in [0.717, 1.165) is 16.9 Å². The molecule has 0 unspecified atom stereocenters. The van der Waals surface area contributed by atoms with Gasteiger partial charge in [-0.05, 0) is 31.0 Å². The van der Waals surface area contributed by atoms with E-state index in [1.807, 2.05) is 32.0 Å². The molecule has 0 aliphatic carbocycles. The highest BCUT2D eigenvalue weighted by molar-refractivity contribution is 7.90. The Bertz CT molecular complexity index is 435. The van der Waals surface area contributed by atoms with Crippen molar-refractivity contribution in [1.82, 2.24) is 0 Å². The summed E-state index contributed by atoms with van der Waals surface area (Å²) in [6.45, 7) is 4.13. The summed E-state index contributed by atoms with van der Waals surface area (Å²) in [6, 6.07) is 5.88. The van der Waals surface area contributed by atoms with Crippen molar-refractivity contribution in [3.8, 4) is 5.75 Å². The molecular weight excluding hydrogens is 212 g/mol. The van der Waals surface area contributed by atoms with E-state index in [4.69, 9.17) is 4.74 Å². The molecule has 0 bridgehead atoms. The lowest BCUT2D eigenvalue weighted by atomic mass is 10.1. The Morgan fingerprint density at radius 3 is 2.53 bits per heavy atom. The van der Waals surface area contributed by atoms with E-state index in [1.54, 1.807) is 0 Å². The maximum Gasteiger partial charge on any atom is 0.150 e. The van der Waals surface area contributed by atoms with Crippen molar-refractivity contribution >= 4 is 9.84 Å². The summed E-state index contributed by atoms with van der Waals surface area (Å²) in [6.07, 6.45) is 1.21. The lowest BCUT2D eigenvalue weighted by molar-refractivity contribution is 0.338. The number of hydrogen-bond acceptors (Lipinski definition) is 3. The van der Waals surface area contributed by atoms with Gasteiger partial charge >= 0.3 is 0 Å². The first-order valence-electron chi connectivity index (χ1n) is 4.76. The van der Waals surface area contributed by atoms with Gasteiger partial charge in [-0.2, -0.15) is 0 Å². The Kier molecular flexibility index (Phi) is 3.74. The SMILES string of the molecule is Cc1ccc(C)c(OCCS(C)(=O)=O)c1. The first-order chi connectivity index (χ1) is 6.88. The van der Waals surface area contributed by atoms with Crippen LogP contribution in [0.4, 0.5) is 0 Å². The van der Waals surface area contributed by atoms with Crippen LogP contribution < -0.4 is 4.74 Å². The molecule has 1 rings (SSSR count). The molecule has 0 radical (unpaired) electrons. The van der Waals surface area contributed by atoms with Crippen molar-refractivity contribution < 1.29 is 13.2 Å². The van der Waals surface area contributed by atoms with Crippen molar-refractivity contribution in [2.75, 3.05) is 18.6 Å². The fourth-order valence-corrected chi connectivity index (χ4v) is 1.55. The summed E-state index contributed by atoms with van der Waals surface area (Å²) in [5.74, 6) is 0.819. The standard InChI is InChI=1S/C11H16O3S/c1-9-4-5-10(2)11(8-9)14-6-7-15(3,12)13/h4-5,8H,6-7H2,1-3H3. The molecule has 15 heavy (non-hydrogen) atoms. The lowest BCUT2D eigenvalue weighted by Crippen LogP contribution is -2.12. The topological polar surface area (TPSA) is 43.4 Å². The van der Waals surface area contributed by atoms with Crippen LogP contribution in [0, 0.1) is 13.8 Å². The molecular formula is C11H16O3S. The van der Waals surface area contributed by atoms with Gasteiger partial charge in [0.25, 0.3) is 0 Å². The van der Waals surface area contributed by atoms with Crippen LogP contribution in [0.25, 0.3) is 0 Å². The largest absolute Gasteiger partial charge is 0.492 e. The van der Waals surface area contributed by atoms with Crippen LogP contribution >= 0.6 is 0 Å². The second-order valence-electron chi connectivity index (χ2n) is 3.75. The van der Waals surface area contributed by atoms with Gasteiger partial charge in [-0.1, -0.05) is 12.1 Å². The maximum atomic E-state index is 10.9. The lowest BCUT2D eigenvalue weighted by Gasteiger charge is -2.09.